The summed E-state index contributed by atoms with van der Waals surface area (Å²) in [5.41, 5.74) is 4.86. The molecule has 2 aliphatic rings. The standard InChI is InChI=1S/C28H28N6O3/c35-26-21-9-1-2-10-22(21)27(36)33(26)16-4-3-15-32(23-11-5-7-19-8-6-13-29-25(19)23)17-20-18-34-24(31-20)12-14-30-28(34)37/h1-2,6,8-10,12-14,18,23H,3-5,7,11,15-17H2,(H,30,37). The molecule has 4 aromatic rings. The highest BCUT2D eigenvalue weighted by atomic mass is 16.3. The number of aromatic hydroxyl groups is 1. The number of hydrogen-bond donors (Lipinski definition) is 1. The van der Waals surface area contributed by atoms with Crippen molar-refractivity contribution in [1.82, 2.24) is 29.2 Å². The van der Waals surface area contributed by atoms with Gasteiger partial charge in [0.05, 0.1) is 28.6 Å². The molecule has 37 heavy (non-hydrogen) atoms. The van der Waals surface area contributed by atoms with Gasteiger partial charge in [-0.15, -0.1) is 0 Å². The van der Waals surface area contributed by atoms with Gasteiger partial charge < -0.3 is 5.11 Å². The predicted octanol–water partition coefficient (Wildman–Crippen LogP) is 3.79. The first-order valence-electron chi connectivity index (χ1n) is 12.7. The molecule has 0 fully saturated rings. The van der Waals surface area contributed by atoms with E-state index >= 15 is 0 Å². The van der Waals surface area contributed by atoms with Crippen LogP contribution in [0.1, 0.15) is 69.4 Å². The van der Waals surface area contributed by atoms with Gasteiger partial charge in [-0.25, -0.2) is 9.97 Å². The van der Waals surface area contributed by atoms with E-state index in [1.54, 1.807) is 40.9 Å². The number of unbranched alkanes of at least 4 members (excludes halogenated alkanes) is 1. The molecule has 3 aromatic heterocycles. The average molecular weight is 497 g/mol. The molecule has 1 aliphatic carbocycles. The molecular formula is C28H28N6O3. The van der Waals surface area contributed by atoms with Crippen LogP contribution in [0.15, 0.2) is 61.1 Å². The maximum atomic E-state index is 12.7. The smallest absolute Gasteiger partial charge is 0.299 e. The summed E-state index contributed by atoms with van der Waals surface area (Å²) in [6, 6.07) is 13.0. The Labute approximate surface area is 214 Å². The van der Waals surface area contributed by atoms with Gasteiger partial charge >= 0.3 is 0 Å². The number of fused-ring (bicyclic) bond motifs is 3. The molecule has 1 aromatic carbocycles. The molecule has 2 amide bonds. The second-order valence-corrected chi connectivity index (χ2v) is 9.65. The highest BCUT2D eigenvalue weighted by molar-refractivity contribution is 6.21. The molecule has 0 spiro atoms. The van der Waals surface area contributed by atoms with Crippen molar-refractivity contribution in [2.45, 2.75) is 44.7 Å². The number of amides is 2. The second kappa shape index (κ2) is 9.74. The molecule has 0 saturated heterocycles. The number of benzene rings is 1. The van der Waals surface area contributed by atoms with E-state index in [0.717, 1.165) is 43.6 Å². The van der Waals surface area contributed by atoms with Gasteiger partial charge in [0.2, 0.25) is 0 Å². The Bertz CT molecular complexity index is 1450. The highest BCUT2D eigenvalue weighted by Gasteiger charge is 2.34. The number of hydrogen-bond acceptors (Lipinski definition) is 7. The summed E-state index contributed by atoms with van der Waals surface area (Å²) in [6.07, 6.45) is 9.86. The Morgan fingerprint density at radius 3 is 2.57 bits per heavy atom. The summed E-state index contributed by atoms with van der Waals surface area (Å²) in [7, 11) is 0. The van der Waals surface area contributed by atoms with Crippen LogP contribution in [-0.4, -0.2) is 59.2 Å². The topological polar surface area (TPSA) is 104 Å². The summed E-state index contributed by atoms with van der Waals surface area (Å²) < 4.78 is 1.59. The summed E-state index contributed by atoms with van der Waals surface area (Å²) in [4.78, 5) is 42.6. The molecule has 1 N–H and O–H groups in total. The minimum Gasteiger partial charge on any atom is -0.480 e. The third-order valence-corrected chi connectivity index (χ3v) is 7.34. The predicted molar refractivity (Wildman–Crippen MR) is 136 cm³/mol. The van der Waals surface area contributed by atoms with Crippen LogP contribution in [-0.2, 0) is 13.0 Å². The Kier molecular flexibility index (Phi) is 6.13. The largest absolute Gasteiger partial charge is 0.480 e. The normalized spacial score (nSPS) is 17.0. The lowest BCUT2D eigenvalue weighted by Crippen LogP contribution is -2.34. The Morgan fingerprint density at radius 2 is 1.78 bits per heavy atom. The third kappa shape index (κ3) is 4.35. The Morgan fingerprint density at radius 1 is 0.973 bits per heavy atom. The number of nitrogens with zero attached hydrogens (tertiary/aromatic N) is 6. The van der Waals surface area contributed by atoms with E-state index < -0.39 is 0 Å². The monoisotopic (exact) mass is 496 g/mol. The maximum Gasteiger partial charge on any atom is 0.299 e. The first-order valence-corrected chi connectivity index (χ1v) is 12.7. The third-order valence-electron chi connectivity index (χ3n) is 7.34. The zero-order chi connectivity index (χ0) is 25.4. The van der Waals surface area contributed by atoms with Crippen molar-refractivity contribution >= 4 is 17.5 Å². The fraction of sp³-hybridized carbons (Fsp3) is 0.321. The van der Waals surface area contributed by atoms with Crippen molar-refractivity contribution in [3.63, 3.8) is 0 Å². The van der Waals surface area contributed by atoms with Crippen LogP contribution in [0.25, 0.3) is 5.65 Å². The molecule has 9 nitrogen and oxygen atoms in total. The highest BCUT2D eigenvalue weighted by Crippen LogP contribution is 2.34. The molecule has 1 aliphatic heterocycles. The number of aryl methyl sites for hydroxylation is 1. The molecule has 1 unspecified atom stereocenters. The van der Waals surface area contributed by atoms with Crippen LogP contribution in [0, 0.1) is 0 Å². The first-order chi connectivity index (χ1) is 18.1. The fourth-order valence-electron chi connectivity index (χ4n) is 5.55. The van der Waals surface area contributed by atoms with E-state index in [1.807, 2.05) is 18.5 Å². The van der Waals surface area contributed by atoms with Gasteiger partial charge in [0.1, 0.15) is 5.65 Å². The number of carbonyl (C=O) groups excluding carboxylic acids is 2. The van der Waals surface area contributed by atoms with Crippen LogP contribution < -0.4 is 0 Å². The van der Waals surface area contributed by atoms with E-state index in [0.29, 0.717) is 36.3 Å². The van der Waals surface area contributed by atoms with Crippen LogP contribution >= 0.6 is 0 Å². The Balaban J connectivity index is 1.18. The van der Waals surface area contributed by atoms with Gasteiger partial charge in [0.25, 0.3) is 17.8 Å². The minimum atomic E-state index is -0.207. The number of pyridine rings is 1. The number of aromatic nitrogens is 4. The molecule has 0 saturated carbocycles. The minimum absolute atomic E-state index is 0.0894. The maximum absolute atomic E-state index is 12.7. The van der Waals surface area contributed by atoms with Crippen LogP contribution in [0.5, 0.6) is 6.01 Å². The molecule has 6 rings (SSSR count). The van der Waals surface area contributed by atoms with Gasteiger partial charge in [-0.05, 0) is 68.5 Å². The lowest BCUT2D eigenvalue weighted by atomic mass is 9.90. The van der Waals surface area contributed by atoms with Gasteiger partial charge in [0.15, 0.2) is 0 Å². The lowest BCUT2D eigenvalue weighted by molar-refractivity contribution is 0.0648. The molecule has 0 radical (unpaired) electrons. The van der Waals surface area contributed by atoms with Crippen LogP contribution in [0.4, 0.5) is 0 Å². The van der Waals surface area contributed by atoms with Gasteiger partial charge in [-0.1, -0.05) is 18.2 Å². The zero-order valence-corrected chi connectivity index (χ0v) is 20.5. The first kappa shape index (κ1) is 23.3. The molecule has 188 valence electrons. The molecule has 1 atom stereocenters. The number of imide groups is 1. The van der Waals surface area contributed by atoms with Crippen molar-refractivity contribution < 1.29 is 14.7 Å². The van der Waals surface area contributed by atoms with Crippen molar-refractivity contribution in [2.75, 3.05) is 13.1 Å². The second-order valence-electron chi connectivity index (χ2n) is 9.65. The summed E-state index contributed by atoms with van der Waals surface area (Å²) in [5.74, 6) is -0.415. The van der Waals surface area contributed by atoms with Gasteiger partial charge in [-0.3, -0.25) is 28.8 Å². The summed E-state index contributed by atoms with van der Waals surface area (Å²) in [5, 5.41) is 10.1. The van der Waals surface area contributed by atoms with Crippen LogP contribution in [0.3, 0.4) is 0 Å². The fourth-order valence-corrected chi connectivity index (χ4v) is 5.55. The quantitative estimate of drug-likeness (QED) is 0.292. The van der Waals surface area contributed by atoms with Gasteiger partial charge in [0, 0.05) is 31.7 Å². The van der Waals surface area contributed by atoms with E-state index in [-0.39, 0.29) is 23.9 Å². The lowest BCUT2D eigenvalue weighted by Gasteiger charge is -2.34. The van der Waals surface area contributed by atoms with E-state index in [9.17, 15) is 14.7 Å². The zero-order valence-electron chi connectivity index (χ0n) is 20.5. The van der Waals surface area contributed by atoms with E-state index in [1.165, 1.54) is 10.5 Å². The summed E-state index contributed by atoms with van der Waals surface area (Å²) in [6.45, 7) is 1.75. The van der Waals surface area contributed by atoms with Crippen LogP contribution in [0.2, 0.25) is 0 Å². The SMILES string of the molecule is O=C1c2ccccc2C(=O)N1CCCCN(Cc1cn2c(O)nccc2n1)C1CCCc2cccnc21. The van der Waals surface area contributed by atoms with Gasteiger partial charge in [-0.2, -0.15) is 0 Å². The molecular weight excluding hydrogens is 468 g/mol. The molecule has 0 bridgehead atoms. The van der Waals surface area contributed by atoms with Crippen molar-refractivity contribution in [2.24, 2.45) is 0 Å². The average Bonchev–Trinajstić information content (AvgIpc) is 3.45. The number of imidazole rings is 1. The van der Waals surface area contributed by atoms with E-state index in [4.69, 9.17) is 9.97 Å². The Hall–Kier alpha value is -4.11. The van der Waals surface area contributed by atoms with E-state index in [2.05, 4.69) is 16.0 Å². The van der Waals surface area contributed by atoms with Crippen molar-refractivity contribution in [3.05, 3.63) is 89.1 Å². The molecule has 4 heterocycles. The van der Waals surface area contributed by atoms with Crippen molar-refractivity contribution in [3.8, 4) is 6.01 Å². The van der Waals surface area contributed by atoms with Crippen molar-refractivity contribution in [1.29, 1.82) is 0 Å². The number of rotatable bonds is 8. The summed E-state index contributed by atoms with van der Waals surface area (Å²) >= 11 is 0. The molecule has 9 heteroatoms. The number of carbonyl (C=O) groups is 2.